The predicted octanol–water partition coefficient (Wildman–Crippen LogP) is 3.35. The number of nitrogens with one attached hydrogen (secondary N) is 1. The summed E-state index contributed by atoms with van der Waals surface area (Å²) < 4.78 is 19.8. The maximum absolute atomic E-state index is 13.7. The van der Waals surface area contributed by atoms with Crippen molar-refractivity contribution in [2.45, 2.75) is 58.2 Å². The van der Waals surface area contributed by atoms with E-state index in [1.165, 1.54) is 18.2 Å². The van der Waals surface area contributed by atoms with Crippen LogP contribution in [0.4, 0.5) is 4.39 Å². The maximum atomic E-state index is 13.7. The third kappa shape index (κ3) is 4.15. The lowest BCUT2D eigenvalue weighted by Crippen LogP contribution is -2.57. The molecule has 2 aliphatic rings. The number of carbonyl (C=O) groups is 2. The summed E-state index contributed by atoms with van der Waals surface area (Å²) in [6.45, 7) is 6.95. The van der Waals surface area contributed by atoms with Crippen LogP contribution >= 0.6 is 0 Å². The molecular formula is C21H29FN2O3. The average molecular weight is 376 g/mol. The highest BCUT2D eigenvalue weighted by molar-refractivity contribution is 5.98. The summed E-state index contributed by atoms with van der Waals surface area (Å²) in [5, 5.41) is 2.92. The van der Waals surface area contributed by atoms with Crippen molar-refractivity contribution in [3.63, 3.8) is 0 Å². The van der Waals surface area contributed by atoms with Gasteiger partial charge in [-0.25, -0.2) is 4.39 Å². The van der Waals surface area contributed by atoms with Gasteiger partial charge >= 0.3 is 0 Å². The topological polar surface area (TPSA) is 58.6 Å². The number of ether oxygens (including phenoxy) is 1. The first kappa shape index (κ1) is 19.8. The fourth-order valence-electron chi connectivity index (χ4n) is 3.96. The molecule has 6 heteroatoms. The van der Waals surface area contributed by atoms with Crippen LogP contribution in [0.5, 0.6) is 0 Å². The molecule has 27 heavy (non-hydrogen) atoms. The molecule has 1 N–H and O–H groups in total. The monoisotopic (exact) mass is 376 g/mol. The summed E-state index contributed by atoms with van der Waals surface area (Å²) in [6.07, 6.45) is 3.27. The van der Waals surface area contributed by atoms with Crippen molar-refractivity contribution in [1.82, 2.24) is 10.2 Å². The van der Waals surface area contributed by atoms with Crippen LogP contribution in [0.3, 0.4) is 0 Å². The van der Waals surface area contributed by atoms with E-state index in [1.807, 2.05) is 13.8 Å². The highest BCUT2D eigenvalue weighted by atomic mass is 19.1. The molecule has 1 aromatic rings. The first-order valence-corrected chi connectivity index (χ1v) is 9.83. The molecule has 0 aromatic heterocycles. The number of hydrogen-bond acceptors (Lipinski definition) is 3. The number of rotatable bonds is 4. The van der Waals surface area contributed by atoms with Crippen molar-refractivity contribution >= 4 is 11.8 Å². The van der Waals surface area contributed by atoms with E-state index in [-0.39, 0.29) is 24.0 Å². The molecule has 1 aliphatic carbocycles. The minimum absolute atomic E-state index is 0.180. The van der Waals surface area contributed by atoms with Crippen LogP contribution in [0.2, 0.25) is 0 Å². The van der Waals surface area contributed by atoms with Crippen molar-refractivity contribution in [3.8, 4) is 0 Å². The van der Waals surface area contributed by atoms with Crippen LogP contribution < -0.4 is 5.32 Å². The number of nitrogens with zero attached hydrogens (tertiary/aromatic N) is 1. The largest absolute Gasteiger partial charge is 0.354 e. The molecule has 1 atom stereocenters. The van der Waals surface area contributed by atoms with Crippen molar-refractivity contribution < 1.29 is 18.7 Å². The second kappa shape index (κ2) is 7.97. The zero-order chi connectivity index (χ0) is 19.6. The Hall–Kier alpha value is -1.95. The van der Waals surface area contributed by atoms with E-state index in [4.69, 9.17) is 4.74 Å². The van der Waals surface area contributed by atoms with Crippen LogP contribution in [-0.4, -0.2) is 41.6 Å². The molecule has 1 heterocycles. The first-order chi connectivity index (χ1) is 12.8. The fourth-order valence-corrected chi connectivity index (χ4v) is 3.96. The molecule has 1 aromatic carbocycles. The second-order valence-electron chi connectivity index (χ2n) is 8.28. The Labute approximate surface area is 160 Å². The van der Waals surface area contributed by atoms with Gasteiger partial charge in [-0.05, 0) is 55.7 Å². The van der Waals surface area contributed by atoms with Gasteiger partial charge in [-0.3, -0.25) is 14.5 Å². The van der Waals surface area contributed by atoms with Gasteiger partial charge in [0.25, 0.3) is 5.91 Å². The van der Waals surface area contributed by atoms with Crippen LogP contribution in [0.1, 0.15) is 56.8 Å². The lowest BCUT2D eigenvalue weighted by atomic mass is 9.83. The van der Waals surface area contributed by atoms with Gasteiger partial charge in [0, 0.05) is 12.1 Å². The zero-order valence-electron chi connectivity index (χ0n) is 16.3. The van der Waals surface area contributed by atoms with Gasteiger partial charge < -0.3 is 10.1 Å². The molecular weight excluding hydrogens is 347 g/mol. The van der Waals surface area contributed by atoms with Crippen molar-refractivity contribution in [1.29, 1.82) is 0 Å². The second-order valence-corrected chi connectivity index (χ2v) is 8.28. The Morgan fingerprint density at radius 2 is 2.04 bits per heavy atom. The van der Waals surface area contributed by atoms with E-state index in [9.17, 15) is 14.0 Å². The Bertz CT molecular complexity index is 698. The third-order valence-electron chi connectivity index (χ3n) is 5.59. The van der Waals surface area contributed by atoms with Crippen LogP contribution in [0.15, 0.2) is 24.3 Å². The number of amides is 2. The number of benzene rings is 1. The molecule has 5 nitrogen and oxygen atoms in total. The molecule has 1 saturated heterocycles. The van der Waals surface area contributed by atoms with E-state index in [0.29, 0.717) is 31.2 Å². The smallest absolute Gasteiger partial charge is 0.256 e. The van der Waals surface area contributed by atoms with Crippen LogP contribution in [-0.2, 0) is 9.53 Å². The quantitative estimate of drug-likeness (QED) is 0.877. The van der Waals surface area contributed by atoms with Crippen LogP contribution in [0.25, 0.3) is 0 Å². The van der Waals surface area contributed by atoms with E-state index in [0.717, 1.165) is 12.8 Å². The molecule has 1 saturated carbocycles. The molecule has 0 unspecified atom stereocenters. The van der Waals surface area contributed by atoms with E-state index in [1.54, 1.807) is 11.0 Å². The van der Waals surface area contributed by atoms with Crippen molar-refractivity contribution in [3.05, 3.63) is 35.6 Å². The number of hydrogen-bond donors (Lipinski definition) is 1. The molecule has 1 aliphatic heterocycles. The number of carbonyl (C=O) groups excluding carboxylic acids is 2. The molecule has 2 amide bonds. The summed E-state index contributed by atoms with van der Waals surface area (Å²) in [7, 11) is 0. The Kier molecular flexibility index (Phi) is 5.84. The minimum atomic E-state index is -0.768. The van der Waals surface area contributed by atoms with E-state index in [2.05, 4.69) is 12.2 Å². The van der Waals surface area contributed by atoms with E-state index >= 15 is 0 Å². The van der Waals surface area contributed by atoms with E-state index < -0.39 is 17.6 Å². The minimum Gasteiger partial charge on any atom is -0.354 e. The van der Waals surface area contributed by atoms with Crippen LogP contribution in [0, 0.1) is 17.7 Å². The third-order valence-corrected chi connectivity index (χ3v) is 5.59. The van der Waals surface area contributed by atoms with Gasteiger partial charge in [-0.2, -0.15) is 0 Å². The van der Waals surface area contributed by atoms with Gasteiger partial charge in [0.15, 0.2) is 0 Å². The van der Waals surface area contributed by atoms with Crippen molar-refractivity contribution in [2.75, 3.05) is 13.2 Å². The lowest BCUT2D eigenvalue weighted by molar-refractivity contribution is -0.128. The lowest BCUT2D eigenvalue weighted by Gasteiger charge is -2.43. The standard InChI is InChI=1S/C21H29FN2O3/c1-14(2)12-23-19(25)18-13-27-21(9-7-15(3)8-10-21)24(18)20(26)16-5-4-6-17(22)11-16/h4-6,11,14-15,18H,7-10,12-13H2,1-3H3,(H,23,25)/t15?,18-,21?/m1/s1. The number of halogens is 1. The summed E-state index contributed by atoms with van der Waals surface area (Å²) >= 11 is 0. The van der Waals surface area contributed by atoms with Gasteiger partial charge in [0.1, 0.15) is 17.6 Å². The average Bonchev–Trinajstić information content (AvgIpc) is 3.00. The summed E-state index contributed by atoms with van der Waals surface area (Å²) in [5.41, 5.74) is -0.518. The summed E-state index contributed by atoms with van der Waals surface area (Å²) in [5.74, 6) is -0.129. The molecule has 148 valence electrons. The highest BCUT2D eigenvalue weighted by Crippen LogP contribution is 2.43. The molecule has 2 fully saturated rings. The van der Waals surface area contributed by atoms with Gasteiger partial charge in [0.2, 0.25) is 5.91 Å². The SMILES string of the molecule is CC(C)CNC(=O)[C@H]1COC2(CCC(C)CC2)N1C(=O)c1cccc(F)c1. The maximum Gasteiger partial charge on any atom is 0.256 e. The Balaban J connectivity index is 1.90. The predicted molar refractivity (Wildman–Crippen MR) is 101 cm³/mol. The Morgan fingerprint density at radius 1 is 1.33 bits per heavy atom. The molecule has 0 radical (unpaired) electrons. The molecule has 0 bridgehead atoms. The van der Waals surface area contributed by atoms with Gasteiger partial charge in [-0.15, -0.1) is 0 Å². The summed E-state index contributed by atoms with van der Waals surface area (Å²) in [4.78, 5) is 27.7. The first-order valence-electron chi connectivity index (χ1n) is 9.83. The van der Waals surface area contributed by atoms with Crippen molar-refractivity contribution in [2.24, 2.45) is 11.8 Å². The van der Waals surface area contributed by atoms with Gasteiger partial charge in [-0.1, -0.05) is 26.8 Å². The van der Waals surface area contributed by atoms with Gasteiger partial charge in [0.05, 0.1) is 6.61 Å². The molecule has 3 rings (SSSR count). The summed E-state index contributed by atoms with van der Waals surface area (Å²) in [6, 6.07) is 4.95. The normalized spacial score (nSPS) is 28.0. The molecule has 1 spiro atoms. The fraction of sp³-hybridized carbons (Fsp3) is 0.619. The Morgan fingerprint density at radius 3 is 2.67 bits per heavy atom. The highest BCUT2D eigenvalue weighted by Gasteiger charge is 2.53. The zero-order valence-corrected chi connectivity index (χ0v) is 16.3.